The highest BCUT2D eigenvalue weighted by Gasteiger charge is 2.27. The number of nitrogens with one attached hydrogen (secondary N) is 2. The number of nitrogens with zero attached hydrogens (tertiary/aromatic N) is 4. The number of H-pyrrole nitrogens is 1. The van der Waals surface area contributed by atoms with Crippen LogP contribution in [0.3, 0.4) is 0 Å². The Labute approximate surface area is 203 Å². The molecule has 1 atom stereocenters. The molecule has 1 saturated heterocycles. The van der Waals surface area contributed by atoms with Crippen LogP contribution in [0.5, 0.6) is 0 Å². The number of hydrogen-bond donors (Lipinski definition) is 2. The monoisotopic (exact) mass is 478 g/mol. The number of aromatic amines is 1. The van der Waals surface area contributed by atoms with Gasteiger partial charge in [0.2, 0.25) is 0 Å². The van der Waals surface area contributed by atoms with Crippen molar-refractivity contribution in [2.75, 3.05) is 31.1 Å². The van der Waals surface area contributed by atoms with Crippen LogP contribution in [0.25, 0.3) is 11.0 Å². The van der Waals surface area contributed by atoms with Crippen molar-refractivity contribution in [3.8, 4) is 0 Å². The van der Waals surface area contributed by atoms with Crippen molar-refractivity contribution in [3.63, 3.8) is 0 Å². The topological polar surface area (TPSA) is 94.2 Å². The zero-order valence-electron chi connectivity index (χ0n) is 20.4. The molecule has 3 heterocycles. The Morgan fingerprint density at radius 3 is 2.57 bits per heavy atom. The molecule has 35 heavy (non-hydrogen) atoms. The molecular formula is C26H31FN6O2. The standard InChI is InChI=1S/C26H31FN6O2/c1-4-19-25(34)31-24-20(30-19)8-7-18(23(24)27)16(3)32-11-13-33(14-12-32)22-10-9-21(28-15(22)2)26(35)29-17-5-6-17/h7-10,16-17H,4-6,11-14H2,1-3H3,(H,29,35)(H,31,34). The predicted molar refractivity (Wildman–Crippen MR) is 133 cm³/mol. The number of amides is 1. The van der Waals surface area contributed by atoms with Crippen molar-refractivity contribution in [2.45, 2.75) is 52.1 Å². The molecule has 5 rings (SSSR count). The van der Waals surface area contributed by atoms with Crippen LogP contribution in [-0.2, 0) is 6.42 Å². The van der Waals surface area contributed by atoms with Gasteiger partial charge in [-0.25, -0.2) is 14.4 Å². The van der Waals surface area contributed by atoms with Crippen LogP contribution in [0.2, 0.25) is 0 Å². The summed E-state index contributed by atoms with van der Waals surface area (Å²) in [6, 6.07) is 7.48. The molecule has 2 aromatic heterocycles. The number of carbonyl (C=O) groups is 1. The molecule has 0 radical (unpaired) electrons. The van der Waals surface area contributed by atoms with Crippen molar-refractivity contribution >= 4 is 22.6 Å². The summed E-state index contributed by atoms with van der Waals surface area (Å²) in [5.41, 5.74) is 3.57. The highest BCUT2D eigenvalue weighted by molar-refractivity contribution is 5.93. The van der Waals surface area contributed by atoms with E-state index in [1.54, 1.807) is 18.2 Å². The van der Waals surface area contributed by atoms with Gasteiger partial charge in [0.15, 0.2) is 5.82 Å². The lowest BCUT2D eigenvalue weighted by Crippen LogP contribution is -2.47. The minimum atomic E-state index is -0.412. The maximum Gasteiger partial charge on any atom is 0.270 e. The summed E-state index contributed by atoms with van der Waals surface area (Å²) in [6.07, 6.45) is 2.59. The third-order valence-corrected chi connectivity index (χ3v) is 7.10. The highest BCUT2D eigenvalue weighted by Crippen LogP contribution is 2.29. The zero-order chi connectivity index (χ0) is 24.7. The number of fused-ring (bicyclic) bond motifs is 1. The molecule has 9 heteroatoms. The van der Waals surface area contributed by atoms with Crippen LogP contribution in [0.1, 0.15) is 60.2 Å². The molecule has 1 aromatic carbocycles. The first kappa shape index (κ1) is 23.4. The van der Waals surface area contributed by atoms with Gasteiger partial charge in [-0.1, -0.05) is 13.0 Å². The fourth-order valence-electron chi connectivity index (χ4n) is 4.79. The molecule has 0 bridgehead atoms. The van der Waals surface area contributed by atoms with Crippen molar-refractivity contribution in [3.05, 3.63) is 63.1 Å². The van der Waals surface area contributed by atoms with E-state index >= 15 is 4.39 Å². The molecule has 1 unspecified atom stereocenters. The molecule has 2 N–H and O–H groups in total. The molecule has 1 aliphatic carbocycles. The Bertz CT molecular complexity index is 1330. The SMILES string of the molecule is CCc1nc2ccc(C(C)N3CCN(c4ccc(C(=O)NC5CC5)nc4C)CC3)c(F)c2[nH]c1=O. The number of halogens is 1. The van der Waals surface area contributed by atoms with E-state index in [1.165, 1.54) is 0 Å². The summed E-state index contributed by atoms with van der Waals surface area (Å²) in [5.74, 6) is -0.523. The van der Waals surface area contributed by atoms with Crippen LogP contribution in [0.15, 0.2) is 29.1 Å². The number of aryl methyl sites for hydroxylation is 2. The Hall–Kier alpha value is -3.33. The van der Waals surface area contributed by atoms with E-state index in [0.29, 0.717) is 34.9 Å². The van der Waals surface area contributed by atoms with E-state index in [9.17, 15) is 9.59 Å². The first-order valence-corrected chi connectivity index (χ1v) is 12.3. The Balaban J connectivity index is 1.28. The summed E-state index contributed by atoms with van der Waals surface area (Å²) in [6.45, 7) is 8.83. The van der Waals surface area contributed by atoms with Gasteiger partial charge in [-0.3, -0.25) is 14.5 Å². The number of aromatic nitrogens is 3. The van der Waals surface area contributed by atoms with E-state index in [4.69, 9.17) is 0 Å². The van der Waals surface area contributed by atoms with Gasteiger partial charge in [-0.05, 0) is 51.3 Å². The molecule has 8 nitrogen and oxygen atoms in total. The van der Waals surface area contributed by atoms with Crippen LogP contribution in [0.4, 0.5) is 10.1 Å². The molecule has 1 saturated carbocycles. The van der Waals surface area contributed by atoms with Crippen LogP contribution < -0.4 is 15.8 Å². The quantitative estimate of drug-likeness (QED) is 0.566. The fourth-order valence-corrected chi connectivity index (χ4v) is 4.79. The predicted octanol–water partition coefficient (Wildman–Crippen LogP) is 3.10. The van der Waals surface area contributed by atoms with Gasteiger partial charge in [0.1, 0.15) is 16.9 Å². The lowest BCUT2D eigenvalue weighted by Gasteiger charge is -2.39. The number of benzene rings is 1. The number of anilines is 1. The minimum absolute atomic E-state index is 0.110. The van der Waals surface area contributed by atoms with Crippen molar-refractivity contribution in [1.82, 2.24) is 25.2 Å². The molecular weight excluding hydrogens is 447 g/mol. The summed E-state index contributed by atoms with van der Waals surface area (Å²) in [4.78, 5) is 40.5. The molecule has 0 spiro atoms. The van der Waals surface area contributed by atoms with Gasteiger partial charge in [0.25, 0.3) is 11.5 Å². The highest BCUT2D eigenvalue weighted by atomic mass is 19.1. The third kappa shape index (κ3) is 4.65. The molecule has 1 aliphatic heterocycles. The van der Waals surface area contributed by atoms with Crippen LogP contribution in [0, 0.1) is 12.7 Å². The third-order valence-electron chi connectivity index (χ3n) is 7.10. The summed E-state index contributed by atoms with van der Waals surface area (Å²) in [7, 11) is 0. The van der Waals surface area contributed by atoms with Crippen molar-refractivity contribution in [2.24, 2.45) is 0 Å². The number of pyridine rings is 1. The number of rotatable bonds is 6. The van der Waals surface area contributed by atoms with Gasteiger partial charge in [0.05, 0.1) is 16.9 Å². The van der Waals surface area contributed by atoms with E-state index in [-0.39, 0.29) is 23.0 Å². The van der Waals surface area contributed by atoms with E-state index in [2.05, 4.69) is 30.1 Å². The average molecular weight is 479 g/mol. The Kier molecular flexibility index (Phi) is 6.27. The Morgan fingerprint density at radius 1 is 1.17 bits per heavy atom. The zero-order valence-corrected chi connectivity index (χ0v) is 20.4. The van der Waals surface area contributed by atoms with Gasteiger partial charge in [-0.15, -0.1) is 0 Å². The average Bonchev–Trinajstić information content (AvgIpc) is 3.68. The second-order valence-corrected chi connectivity index (χ2v) is 9.48. The summed E-state index contributed by atoms with van der Waals surface area (Å²) < 4.78 is 15.4. The van der Waals surface area contributed by atoms with Crippen molar-refractivity contribution in [1.29, 1.82) is 0 Å². The molecule has 3 aromatic rings. The van der Waals surface area contributed by atoms with Gasteiger partial charge in [-0.2, -0.15) is 0 Å². The van der Waals surface area contributed by atoms with E-state index in [1.807, 2.05) is 26.8 Å². The largest absolute Gasteiger partial charge is 0.368 e. The van der Waals surface area contributed by atoms with Gasteiger partial charge in [0, 0.05) is 43.8 Å². The van der Waals surface area contributed by atoms with Gasteiger partial charge >= 0.3 is 0 Å². The lowest BCUT2D eigenvalue weighted by molar-refractivity contribution is 0.0946. The smallest absolute Gasteiger partial charge is 0.270 e. The first-order chi connectivity index (χ1) is 16.9. The first-order valence-electron chi connectivity index (χ1n) is 12.3. The maximum absolute atomic E-state index is 15.4. The normalized spacial score (nSPS) is 17.5. The van der Waals surface area contributed by atoms with E-state index < -0.39 is 5.82 Å². The van der Waals surface area contributed by atoms with E-state index in [0.717, 1.165) is 50.4 Å². The second-order valence-electron chi connectivity index (χ2n) is 9.48. The Morgan fingerprint density at radius 2 is 1.91 bits per heavy atom. The number of piperazine rings is 1. The summed E-state index contributed by atoms with van der Waals surface area (Å²) >= 11 is 0. The maximum atomic E-state index is 15.4. The fraction of sp³-hybridized carbons (Fsp3) is 0.462. The summed E-state index contributed by atoms with van der Waals surface area (Å²) in [5, 5.41) is 2.98. The second kappa shape index (κ2) is 9.37. The lowest BCUT2D eigenvalue weighted by atomic mass is 10.0. The molecule has 2 fully saturated rings. The van der Waals surface area contributed by atoms with Gasteiger partial charge < -0.3 is 15.2 Å². The van der Waals surface area contributed by atoms with Crippen LogP contribution in [-0.4, -0.2) is 58.0 Å². The molecule has 1 amide bonds. The van der Waals surface area contributed by atoms with Crippen molar-refractivity contribution < 1.29 is 9.18 Å². The minimum Gasteiger partial charge on any atom is -0.368 e. The number of hydrogen-bond acceptors (Lipinski definition) is 6. The van der Waals surface area contributed by atoms with Crippen LogP contribution >= 0.6 is 0 Å². The number of carbonyl (C=O) groups excluding carboxylic acids is 1. The molecule has 2 aliphatic rings. The molecule has 184 valence electrons.